The van der Waals surface area contributed by atoms with Crippen molar-refractivity contribution in [3.05, 3.63) is 0 Å². The van der Waals surface area contributed by atoms with Crippen LogP contribution in [0.1, 0.15) is 26.7 Å². The van der Waals surface area contributed by atoms with Crippen LogP contribution in [0, 0.1) is 0 Å². The minimum absolute atomic E-state index is 0.147. The number of carboxylic acids is 1. The van der Waals surface area contributed by atoms with E-state index >= 15 is 0 Å². The fourth-order valence-corrected chi connectivity index (χ4v) is 3.01. The van der Waals surface area contributed by atoms with E-state index < -0.39 is 16.8 Å². The van der Waals surface area contributed by atoms with E-state index in [0.29, 0.717) is 32.7 Å². The third-order valence-corrected chi connectivity index (χ3v) is 4.88. The normalized spacial score (nSPS) is 17.9. The number of morpholine rings is 1. The van der Waals surface area contributed by atoms with Gasteiger partial charge in [-0.2, -0.15) is 11.8 Å². The molecule has 1 rings (SSSR count). The van der Waals surface area contributed by atoms with E-state index in [9.17, 15) is 9.59 Å². The van der Waals surface area contributed by atoms with Gasteiger partial charge in [0.25, 0.3) is 0 Å². The van der Waals surface area contributed by atoms with Crippen molar-refractivity contribution in [2.75, 3.05) is 32.1 Å². The molecule has 0 unspecified atom stereocenters. The van der Waals surface area contributed by atoms with Gasteiger partial charge in [-0.05, 0) is 26.0 Å². The monoisotopic (exact) mass is 304 g/mol. The molecule has 3 N–H and O–H groups in total. The van der Waals surface area contributed by atoms with Gasteiger partial charge in [-0.1, -0.05) is 0 Å². The van der Waals surface area contributed by atoms with Crippen molar-refractivity contribution in [1.29, 1.82) is 0 Å². The largest absolute Gasteiger partial charge is 0.480 e. The number of aliphatic carboxylic acids is 1. The minimum Gasteiger partial charge on any atom is -0.480 e. The van der Waals surface area contributed by atoms with Crippen molar-refractivity contribution in [3.8, 4) is 0 Å². The summed E-state index contributed by atoms with van der Waals surface area (Å²) in [6, 6.07) is -0.901. The van der Waals surface area contributed by atoms with Crippen molar-refractivity contribution in [2.45, 2.75) is 37.5 Å². The molecular weight excluding hydrogens is 280 g/mol. The Morgan fingerprint density at radius 3 is 2.55 bits per heavy atom. The van der Waals surface area contributed by atoms with Gasteiger partial charge < -0.3 is 20.5 Å². The maximum absolute atomic E-state index is 11.9. The number of rotatable bonds is 7. The number of amides is 1. The van der Waals surface area contributed by atoms with E-state index in [1.807, 2.05) is 18.7 Å². The van der Waals surface area contributed by atoms with E-state index in [-0.39, 0.29) is 5.91 Å². The molecule has 0 bridgehead atoms. The average Bonchev–Trinajstić information content (AvgIpc) is 2.43. The molecule has 20 heavy (non-hydrogen) atoms. The maximum Gasteiger partial charge on any atom is 0.321 e. The van der Waals surface area contributed by atoms with Gasteiger partial charge in [0.05, 0.1) is 13.2 Å². The molecule has 0 spiro atoms. The topological polar surface area (TPSA) is 92.9 Å². The van der Waals surface area contributed by atoms with Crippen molar-refractivity contribution in [2.24, 2.45) is 5.73 Å². The predicted molar refractivity (Wildman–Crippen MR) is 78.8 cm³/mol. The van der Waals surface area contributed by atoms with E-state index in [2.05, 4.69) is 0 Å². The molecule has 0 saturated carbocycles. The number of carboxylic acid groups (broad SMARTS) is 1. The molecule has 0 aromatic rings. The highest BCUT2D eigenvalue weighted by molar-refractivity contribution is 8.00. The van der Waals surface area contributed by atoms with Gasteiger partial charge in [0.1, 0.15) is 6.04 Å². The Morgan fingerprint density at radius 1 is 1.40 bits per heavy atom. The first-order chi connectivity index (χ1) is 9.34. The molecule has 1 fully saturated rings. The molecule has 1 atom stereocenters. The van der Waals surface area contributed by atoms with Crippen LogP contribution in [-0.2, 0) is 14.3 Å². The number of hydrogen-bond acceptors (Lipinski definition) is 5. The standard InChI is InChI=1S/C13H24N2O4S/c1-13(2,11(14)12(17)18)20-9-3-4-10(16)15-5-7-19-8-6-15/h11H,3-9,14H2,1-2H3,(H,17,18)/t11-/m1/s1. The zero-order chi connectivity index (χ0) is 15.2. The Kier molecular flexibility index (Phi) is 6.78. The summed E-state index contributed by atoms with van der Waals surface area (Å²) in [6.07, 6.45) is 1.22. The number of carbonyl (C=O) groups excluding carboxylic acids is 1. The second-order valence-electron chi connectivity index (χ2n) is 5.36. The van der Waals surface area contributed by atoms with Gasteiger partial charge in [0, 0.05) is 24.3 Å². The Labute approximate surface area is 124 Å². The lowest BCUT2D eigenvalue weighted by Gasteiger charge is -2.29. The summed E-state index contributed by atoms with van der Waals surface area (Å²) in [7, 11) is 0. The molecule has 1 amide bonds. The Bertz CT molecular complexity index is 343. The van der Waals surface area contributed by atoms with E-state index in [0.717, 1.165) is 12.2 Å². The van der Waals surface area contributed by atoms with Gasteiger partial charge >= 0.3 is 5.97 Å². The van der Waals surface area contributed by atoms with Crippen molar-refractivity contribution >= 4 is 23.6 Å². The van der Waals surface area contributed by atoms with Gasteiger partial charge in [-0.25, -0.2) is 0 Å². The number of nitrogens with two attached hydrogens (primary N) is 1. The summed E-state index contributed by atoms with van der Waals surface area (Å²) < 4.78 is 4.67. The highest BCUT2D eigenvalue weighted by Gasteiger charge is 2.32. The second-order valence-corrected chi connectivity index (χ2v) is 7.11. The van der Waals surface area contributed by atoms with E-state index in [1.54, 1.807) is 0 Å². The Morgan fingerprint density at radius 2 is 2.00 bits per heavy atom. The summed E-state index contributed by atoms with van der Waals surface area (Å²) >= 11 is 1.50. The third-order valence-electron chi connectivity index (χ3n) is 3.39. The lowest BCUT2D eigenvalue weighted by Crippen LogP contribution is -2.46. The molecule has 1 heterocycles. The van der Waals surface area contributed by atoms with Crippen molar-refractivity contribution < 1.29 is 19.4 Å². The van der Waals surface area contributed by atoms with Crippen LogP contribution < -0.4 is 5.73 Å². The Balaban J connectivity index is 2.23. The van der Waals surface area contributed by atoms with E-state index in [1.165, 1.54) is 11.8 Å². The van der Waals surface area contributed by atoms with Gasteiger partial charge in [-0.3, -0.25) is 9.59 Å². The molecule has 0 aromatic heterocycles. The fourth-order valence-electron chi connectivity index (χ4n) is 1.92. The number of thioether (sulfide) groups is 1. The Hall–Kier alpha value is -0.790. The molecule has 0 radical (unpaired) electrons. The fraction of sp³-hybridized carbons (Fsp3) is 0.846. The smallest absolute Gasteiger partial charge is 0.321 e. The highest BCUT2D eigenvalue weighted by atomic mass is 32.2. The first-order valence-electron chi connectivity index (χ1n) is 6.82. The van der Waals surface area contributed by atoms with Crippen LogP contribution in [-0.4, -0.2) is 64.7 Å². The van der Waals surface area contributed by atoms with Crippen LogP contribution in [0.5, 0.6) is 0 Å². The SMILES string of the molecule is CC(C)(SCCCC(=O)N1CCOCC1)[C@H](N)C(=O)O. The molecule has 6 nitrogen and oxygen atoms in total. The number of hydrogen-bond donors (Lipinski definition) is 2. The molecule has 0 aliphatic carbocycles. The molecule has 1 aliphatic heterocycles. The zero-order valence-corrected chi connectivity index (χ0v) is 12.9. The van der Waals surface area contributed by atoms with Gasteiger partial charge in [-0.15, -0.1) is 0 Å². The summed E-state index contributed by atoms with van der Waals surface area (Å²) in [5.74, 6) is -0.120. The van der Waals surface area contributed by atoms with Crippen LogP contribution in [0.3, 0.4) is 0 Å². The van der Waals surface area contributed by atoms with Crippen molar-refractivity contribution in [3.63, 3.8) is 0 Å². The molecule has 1 saturated heterocycles. The van der Waals surface area contributed by atoms with Crippen LogP contribution >= 0.6 is 11.8 Å². The number of carbonyl (C=O) groups is 2. The summed E-state index contributed by atoms with van der Waals surface area (Å²) in [6.45, 7) is 6.20. The molecule has 0 aromatic carbocycles. The molecule has 1 aliphatic rings. The van der Waals surface area contributed by atoms with Crippen molar-refractivity contribution in [1.82, 2.24) is 4.90 Å². The second kappa shape index (κ2) is 7.85. The third kappa shape index (κ3) is 5.30. The lowest BCUT2D eigenvalue weighted by molar-refractivity contribution is -0.139. The predicted octanol–water partition coefficient (Wildman–Crippen LogP) is 0.549. The average molecular weight is 304 g/mol. The molecular formula is C13H24N2O4S. The first-order valence-corrected chi connectivity index (χ1v) is 7.81. The van der Waals surface area contributed by atoms with Gasteiger partial charge in [0.15, 0.2) is 0 Å². The van der Waals surface area contributed by atoms with Crippen LogP contribution in [0.25, 0.3) is 0 Å². The highest BCUT2D eigenvalue weighted by Crippen LogP contribution is 2.28. The summed E-state index contributed by atoms with van der Waals surface area (Å²) in [5.41, 5.74) is 5.64. The zero-order valence-electron chi connectivity index (χ0n) is 12.1. The number of ether oxygens (including phenoxy) is 1. The van der Waals surface area contributed by atoms with E-state index in [4.69, 9.17) is 15.6 Å². The summed E-state index contributed by atoms with van der Waals surface area (Å²) in [4.78, 5) is 24.6. The molecule has 7 heteroatoms. The molecule has 116 valence electrons. The van der Waals surface area contributed by atoms with Crippen LogP contribution in [0.4, 0.5) is 0 Å². The lowest BCUT2D eigenvalue weighted by atomic mass is 10.1. The maximum atomic E-state index is 11.9. The minimum atomic E-state index is -0.994. The summed E-state index contributed by atoms with van der Waals surface area (Å²) in [5, 5.41) is 8.92. The number of nitrogens with zero attached hydrogens (tertiary/aromatic N) is 1. The van der Waals surface area contributed by atoms with Gasteiger partial charge in [0.2, 0.25) is 5.91 Å². The van der Waals surface area contributed by atoms with Crippen LogP contribution in [0.15, 0.2) is 0 Å². The first kappa shape index (κ1) is 17.3. The van der Waals surface area contributed by atoms with Crippen LogP contribution in [0.2, 0.25) is 0 Å². The quantitative estimate of drug-likeness (QED) is 0.667.